The van der Waals surface area contributed by atoms with Crippen molar-refractivity contribution in [3.05, 3.63) is 0 Å². The zero-order valence-electron chi connectivity index (χ0n) is 10.4. The number of carboxylic acids is 1. The average molecular weight is 257 g/mol. The summed E-state index contributed by atoms with van der Waals surface area (Å²) in [6.45, 7) is 3.13. The maximum absolute atomic E-state index is 12.0. The van der Waals surface area contributed by atoms with Crippen molar-refractivity contribution in [1.82, 2.24) is 10.6 Å². The van der Waals surface area contributed by atoms with Gasteiger partial charge in [0.2, 0.25) is 11.8 Å². The number of carboxylic acid groups (broad SMARTS) is 1. The lowest BCUT2D eigenvalue weighted by atomic mass is 9.81. The zero-order valence-corrected chi connectivity index (χ0v) is 10.4. The van der Waals surface area contributed by atoms with Gasteiger partial charge in [0.1, 0.15) is 6.04 Å². The van der Waals surface area contributed by atoms with E-state index >= 15 is 0 Å². The molecule has 0 saturated carbocycles. The Hall–Kier alpha value is -1.63. The van der Waals surface area contributed by atoms with E-state index in [0.717, 1.165) is 13.0 Å². The molecule has 0 spiro atoms. The van der Waals surface area contributed by atoms with Crippen molar-refractivity contribution in [1.29, 1.82) is 0 Å². The lowest BCUT2D eigenvalue weighted by Gasteiger charge is -2.33. The number of carbonyl (C=O) groups is 3. The predicted octanol–water partition coefficient (Wildman–Crippen LogP) is -1.18. The predicted molar refractivity (Wildman–Crippen MR) is 63.6 cm³/mol. The lowest BCUT2D eigenvalue weighted by molar-refractivity contribution is -0.145. The van der Waals surface area contributed by atoms with E-state index in [2.05, 4.69) is 10.6 Å². The van der Waals surface area contributed by atoms with E-state index in [0.29, 0.717) is 13.0 Å². The molecular weight excluding hydrogens is 238 g/mol. The van der Waals surface area contributed by atoms with Gasteiger partial charge in [0.25, 0.3) is 0 Å². The Morgan fingerprint density at radius 1 is 1.50 bits per heavy atom. The summed E-state index contributed by atoms with van der Waals surface area (Å²) in [5.41, 5.74) is 4.32. The minimum atomic E-state index is -1.26. The smallest absolute Gasteiger partial charge is 0.326 e. The van der Waals surface area contributed by atoms with Gasteiger partial charge in [-0.3, -0.25) is 9.59 Å². The molecule has 0 radical (unpaired) electrons. The van der Waals surface area contributed by atoms with Gasteiger partial charge < -0.3 is 21.5 Å². The first-order chi connectivity index (χ1) is 8.35. The van der Waals surface area contributed by atoms with Crippen molar-refractivity contribution in [3.8, 4) is 0 Å². The monoisotopic (exact) mass is 257 g/mol. The minimum absolute atomic E-state index is 0.358. The van der Waals surface area contributed by atoms with Crippen LogP contribution in [0.25, 0.3) is 0 Å². The van der Waals surface area contributed by atoms with Gasteiger partial charge in [-0.05, 0) is 26.3 Å². The maximum atomic E-state index is 12.0. The number of amides is 2. The van der Waals surface area contributed by atoms with Crippen LogP contribution in [0.1, 0.15) is 26.2 Å². The molecular formula is C11H19N3O4. The first kappa shape index (κ1) is 14.4. The summed E-state index contributed by atoms with van der Waals surface area (Å²) in [6.07, 6.45) is 1.15. The summed E-state index contributed by atoms with van der Waals surface area (Å²) < 4.78 is 0. The highest BCUT2D eigenvalue weighted by Crippen LogP contribution is 2.25. The molecule has 2 amide bonds. The quantitative estimate of drug-likeness (QED) is 0.494. The number of nitrogens with two attached hydrogens (primary N) is 1. The summed E-state index contributed by atoms with van der Waals surface area (Å²) in [7, 11) is 0. The molecule has 1 aliphatic rings. The summed E-state index contributed by atoms with van der Waals surface area (Å²) >= 11 is 0. The normalized spacial score (nSPS) is 25.2. The molecule has 1 fully saturated rings. The van der Waals surface area contributed by atoms with Crippen molar-refractivity contribution in [3.63, 3.8) is 0 Å². The van der Waals surface area contributed by atoms with Crippen LogP contribution in [0, 0.1) is 5.41 Å². The van der Waals surface area contributed by atoms with Gasteiger partial charge in [-0.25, -0.2) is 4.79 Å². The molecule has 18 heavy (non-hydrogen) atoms. The van der Waals surface area contributed by atoms with Crippen LogP contribution >= 0.6 is 0 Å². The van der Waals surface area contributed by atoms with Crippen molar-refractivity contribution < 1.29 is 19.5 Å². The van der Waals surface area contributed by atoms with E-state index in [9.17, 15) is 14.4 Å². The minimum Gasteiger partial charge on any atom is -0.480 e. The number of hydrogen-bond acceptors (Lipinski definition) is 4. The standard InChI is InChI=1S/C11H19N3O4/c1-11(3-2-4-13-6-11)10(18)14-7(9(16)17)5-8(12)15/h7,13H,2-6H2,1H3,(H2,12,15)(H,14,18)(H,16,17)/t7-,11?/m0/s1. The second-order valence-electron chi connectivity index (χ2n) is 4.88. The van der Waals surface area contributed by atoms with E-state index < -0.39 is 29.8 Å². The molecule has 0 aromatic carbocycles. The first-order valence-electron chi connectivity index (χ1n) is 5.88. The molecule has 5 N–H and O–H groups in total. The highest BCUT2D eigenvalue weighted by molar-refractivity contribution is 5.90. The molecule has 7 heteroatoms. The molecule has 0 aromatic rings. The van der Waals surface area contributed by atoms with Crippen LogP contribution in [0.15, 0.2) is 0 Å². The molecule has 102 valence electrons. The van der Waals surface area contributed by atoms with E-state index in [-0.39, 0.29) is 5.91 Å². The van der Waals surface area contributed by atoms with Gasteiger partial charge in [0.15, 0.2) is 0 Å². The van der Waals surface area contributed by atoms with Crippen molar-refractivity contribution in [2.24, 2.45) is 11.1 Å². The van der Waals surface area contributed by atoms with Crippen LogP contribution in [0.4, 0.5) is 0 Å². The fraction of sp³-hybridized carbons (Fsp3) is 0.727. The Morgan fingerprint density at radius 3 is 2.61 bits per heavy atom. The number of nitrogens with one attached hydrogen (secondary N) is 2. The Morgan fingerprint density at radius 2 is 2.17 bits per heavy atom. The summed E-state index contributed by atoms with van der Waals surface area (Å²) in [5, 5.41) is 14.4. The van der Waals surface area contributed by atoms with Gasteiger partial charge in [0, 0.05) is 6.54 Å². The third kappa shape index (κ3) is 3.69. The second kappa shape index (κ2) is 5.81. The van der Waals surface area contributed by atoms with Crippen molar-refractivity contribution >= 4 is 17.8 Å². The maximum Gasteiger partial charge on any atom is 0.326 e. The first-order valence-corrected chi connectivity index (χ1v) is 5.88. The molecule has 0 aliphatic carbocycles. The molecule has 1 saturated heterocycles. The largest absolute Gasteiger partial charge is 0.480 e. The fourth-order valence-electron chi connectivity index (χ4n) is 1.98. The van der Waals surface area contributed by atoms with Gasteiger partial charge >= 0.3 is 5.97 Å². The summed E-state index contributed by atoms with van der Waals surface area (Å²) in [6, 6.07) is -1.26. The SMILES string of the molecule is CC1(C(=O)N[C@@H](CC(N)=O)C(=O)O)CCCNC1. The third-order valence-corrected chi connectivity index (χ3v) is 3.15. The Kier molecular flexibility index (Phi) is 4.66. The fourth-order valence-corrected chi connectivity index (χ4v) is 1.98. The molecule has 1 rings (SSSR count). The molecule has 0 bridgehead atoms. The second-order valence-corrected chi connectivity index (χ2v) is 4.88. The molecule has 1 aliphatic heterocycles. The lowest BCUT2D eigenvalue weighted by Crippen LogP contribution is -2.53. The van der Waals surface area contributed by atoms with Crippen molar-refractivity contribution in [2.45, 2.75) is 32.2 Å². The van der Waals surface area contributed by atoms with Crippen LogP contribution in [-0.2, 0) is 14.4 Å². The number of rotatable bonds is 5. The number of hydrogen-bond donors (Lipinski definition) is 4. The van der Waals surface area contributed by atoms with Crippen LogP contribution in [0.2, 0.25) is 0 Å². The van der Waals surface area contributed by atoms with Crippen LogP contribution < -0.4 is 16.4 Å². The molecule has 1 unspecified atom stereocenters. The number of primary amides is 1. The number of carbonyl (C=O) groups excluding carboxylic acids is 2. The van der Waals surface area contributed by atoms with Gasteiger partial charge in [-0.1, -0.05) is 0 Å². The van der Waals surface area contributed by atoms with Crippen LogP contribution in [0.3, 0.4) is 0 Å². The molecule has 1 heterocycles. The van der Waals surface area contributed by atoms with E-state index in [4.69, 9.17) is 10.8 Å². The molecule has 2 atom stereocenters. The topological polar surface area (TPSA) is 122 Å². The number of aliphatic carboxylic acids is 1. The van der Waals surface area contributed by atoms with Crippen LogP contribution in [0.5, 0.6) is 0 Å². The van der Waals surface area contributed by atoms with E-state index in [1.165, 1.54) is 0 Å². The average Bonchev–Trinajstić information content (AvgIpc) is 2.28. The Balaban J connectivity index is 2.65. The van der Waals surface area contributed by atoms with Crippen LogP contribution in [-0.4, -0.2) is 42.0 Å². The Bertz CT molecular complexity index is 350. The van der Waals surface area contributed by atoms with E-state index in [1.807, 2.05) is 0 Å². The van der Waals surface area contributed by atoms with Gasteiger partial charge in [-0.2, -0.15) is 0 Å². The molecule has 0 aromatic heterocycles. The van der Waals surface area contributed by atoms with Gasteiger partial charge in [-0.15, -0.1) is 0 Å². The highest BCUT2D eigenvalue weighted by Gasteiger charge is 2.36. The Labute approximate surface area is 105 Å². The molecule has 7 nitrogen and oxygen atoms in total. The number of piperidine rings is 1. The summed E-state index contributed by atoms with van der Waals surface area (Å²) in [5.74, 6) is -2.37. The van der Waals surface area contributed by atoms with E-state index in [1.54, 1.807) is 6.92 Å². The summed E-state index contributed by atoms with van der Waals surface area (Å²) in [4.78, 5) is 33.7. The highest BCUT2D eigenvalue weighted by atomic mass is 16.4. The van der Waals surface area contributed by atoms with Crippen molar-refractivity contribution in [2.75, 3.05) is 13.1 Å². The van der Waals surface area contributed by atoms with Gasteiger partial charge in [0.05, 0.1) is 11.8 Å². The third-order valence-electron chi connectivity index (χ3n) is 3.15. The zero-order chi connectivity index (χ0) is 13.8.